The maximum atomic E-state index is 13.4. The van der Waals surface area contributed by atoms with E-state index >= 15 is 0 Å². The Morgan fingerprint density at radius 3 is 2.50 bits per heavy atom. The van der Waals surface area contributed by atoms with E-state index in [2.05, 4.69) is 34.3 Å². The number of hydrogen-bond acceptors (Lipinski definition) is 4. The Hall–Kier alpha value is -0.880. The van der Waals surface area contributed by atoms with Gasteiger partial charge in [0.05, 0.1) is 23.8 Å². The Bertz CT molecular complexity index is 687. The topological polar surface area (TPSA) is 74.7 Å². The predicted octanol–water partition coefficient (Wildman–Crippen LogP) is 4.12. The van der Waals surface area contributed by atoms with E-state index in [1.165, 1.54) is 0 Å². The second-order valence-electron chi connectivity index (χ2n) is 9.73. The summed E-state index contributed by atoms with van der Waals surface area (Å²) in [6, 6.07) is -0.324. The van der Waals surface area contributed by atoms with E-state index in [4.69, 9.17) is 0 Å². The fraction of sp³-hybridized carbons (Fsp3) is 0.864. The zero-order valence-electron chi connectivity index (χ0n) is 18.3. The van der Waals surface area contributed by atoms with E-state index in [0.29, 0.717) is 25.2 Å². The number of unbranched alkanes of at least 4 members (excludes halogenated alkanes) is 3. The molecule has 1 N–H and O–H groups in total. The van der Waals surface area contributed by atoms with Gasteiger partial charge in [-0.2, -0.15) is 0 Å². The Morgan fingerprint density at radius 2 is 1.93 bits per heavy atom. The lowest BCUT2D eigenvalue weighted by molar-refractivity contribution is -0.136. The molecular formula is C22H39NO4S. The average Bonchev–Trinajstić information content (AvgIpc) is 2.90. The van der Waals surface area contributed by atoms with Crippen LogP contribution in [0.1, 0.15) is 79.6 Å². The van der Waals surface area contributed by atoms with Crippen molar-refractivity contribution in [2.75, 3.05) is 5.75 Å². The fourth-order valence-corrected chi connectivity index (χ4v) is 7.78. The average molecular weight is 414 g/mol. The lowest BCUT2D eigenvalue weighted by Gasteiger charge is -2.39. The Kier molecular flexibility index (Phi) is 7.08. The maximum Gasteiger partial charge on any atom is 0.242 e. The Morgan fingerprint density at radius 1 is 1.29 bits per heavy atom. The van der Waals surface area contributed by atoms with Crippen molar-refractivity contribution in [2.24, 2.45) is 22.7 Å². The van der Waals surface area contributed by atoms with Crippen molar-refractivity contribution >= 4 is 15.9 Å². The van der Waals surface area contributed by atoms with E-state index in [0.717, 1.165) is 30.0 Å². The van der Waals surface area contributed by atoms with Crippen LogP contribution in [-0.4, -0.2) is 41.6 Å². The number of carbonyl (C=O) groups is 1. The van der Waals surface area contributed by atoms with Crippen LogP contribution in [0.3, 0.4) is 0 Å². The molecule has 0 aromatic carbocycles. The summed E-state index contributed by atoms with van der Waals surface area (Å²) in [6.45, 7) is 14.2. The third-order valence-electron chi connectivity index (χ3n) is 7.85. The minimum atomic E-state index is -3.69. The van der Waals surface area contributed by atoms with Crippen LogP contribution in [0.5, 0.6) is 0 Å². The highest BCUT2D eigenvalue weighted by atomic mass is 32.2. The van der Waals surface area contributed by atoms with Gasteiger partial charge in [-0.15, -0.1) is 6.58 Å². The molecule has 2 rings (SSSR count). The third kappa shape index (κ3) is 3.91. The Labute approximate surface area is 171 Å². The number of aliphatic hydroxyl groups is 1. The summed E-state index contributed by atoms with van der Waals surface area (Å²) < 4.78 is 27.2. The SMILES string of the molecule is C=CC[C@@H](C(=O)N1[C@H]2C[C@H](C)C(C)(C)[C@@]2(C)CS1(=O)=O)[C@H](O)CCCCCC. The number of hydrogen-bond donors (Lipinski definition) is 1. The first-order valence-corrected chi connectivity index (χ1v) is 12.4. The highest BCUT2D eigenvalue weighted by Crippen LogP contribution is 2.61. The zero-order valence-corrected chi connectivity index (χ0v) is 19.1. The molecule has 5 nitrogen and oxygen atoms in total. The molecule has 0 aromatic heterocycles. The smallest absolute Gasteiger partial charge is 0.242 e. The van der Waals surface area contributed by atoms with Gasteiger partial charge in [-0.25, -0.2) is 12.7 Å². The standard InChI is InChI=1S/C22H39NO4S/c1-7-9-10-11-13-18(24)17(12-8-2)20(25)23-19-14-16(3)21(4,5)22(19,6)15-28(23,26)27/h8,16-19,24H,2,7,9-15H2,1,3-6H3/t16-,17+,18+,19-,22-/m0/s1. The number of allylic oxidation sites excluding steroid dienone is 1. The molecule has 1 saturated heterocycles. The number of aliphatic hydroxyl groups excluding tert-OH is 1. The minimum absolute atomic E-state index is 0.00114. The van der Waals surface area contributed by atoms with Crippen molar-refractivity contribution < 1.29 is 18.3 Å². The van der Waals surface area contributed by atoms with Gasteiger partial charge in [-0.1, -0.05) is 66.4 Å². The molecule has 0 spiro atoms. The van der Waals surface area contributed by atoms with E-state index in [9.17, 15) is 18.3 Å². The maximum absolute atomic E-state index is 13.4. The van der Waals surface area contributed by atoms with Crippen LogP contribution < -0.4 is 0 Å². The van der Waals surface area contributed by atoms with Crippen molar-refractivity contribution in [2.45, 2.75) is 91.7 Å². The normalized spacial score (nSPS) is 32.7. The first-order chi connectivity index (χ1) is 12.9. The van der Waals surface area contributed by atoms with E-state index in [1.54, 1.807) is 6.08 Å². The fourth-order valence-electron chi connectivity index (χ4n) is 5.20. The van der Waals surface area contributed by atoms with Crippen LogP contribution in [0.15, 0.2) is 12.7 Å². The van der Waals surface area contributed by atoms with Gasteiger partial charge in [0, 0.05) is 5.41 Å². The molecule has 1 amide bonds. The predicted molar refractivity (Wildman–Crippen MR) is 113 cm³/mol. The quantitative estimate of drug-likeness (QED) is 0.456. The second-order valence-corrected chi connectivity index (χ2v) is 11.6. The molecule has 0 bridgehead atoms. The van der Waals surface area contributed by atoms with Gasteiger partial charge < -0.3 is 5.11 Å². The number of fused-ring (bicyclic) bond motifs is 1. The lowest BCUT2D eigenvalue weighted by atomic mass is 9.66. The highest BCUT2D eigenvalue weighted by Gasteiger charge is 2.66. The number of carbonyl (C=O) groups excluding carboxylic acids is 1. The van der Waals surface area contributed by atoms with Gasteiger partial charge in [0.2, 0.25) is 15.9 Å². The van der Waals surface area contributed by atoms with Crippen molar-refractivity contribution in [3.63, 3.8) is 0 Å². The van der Waals surface area contributed by atoms with E-state index < -0.39 is 33.4 Å². The molecule has 6 heteroatoms. The number of sulfonamides is 1. The summed E-state index contributed by atoms with van der Waals surface area (Å²) in [5.74, 6) is -0.858. The molecule has 0 aromatic rings. The van der Waals surface area contributed by atoms with Crippen LogP contribution >= 0.6 is 0 Å². The van der Waals surface area contributed by atoms with Gasteiger partial charge in [0.15, 0.2) is 0 Å². The molecule has 5 atom stereocenters. The van der Waals surface area contributed by atoms with E-state index in [1.807, 2.05) is 6.92 Å². The van der Waals surface area contributed by atoms with Crippen molar-refractivity contribution in [1.82, 2.24) is 4.31 Å². The summed E-state index contributed by atoms with van der Waals surface area (Å²) in [6.07, 6.45) is 6.32. The molecule has 0 radical (unpaired) electrons. The molecule has 0 unspecified atom stereocenters. The summed E-state index contributed by atoms with van der Waals surface area (Å²) in [5.41, 5.74) is -0.641. The first-order valence-electron chi connectivity index (χ1n) is 10.8. The molecule has 1 aliphatic heterocycles. The first kappa shape index (κ1) is 23.4. The Balaban J connectivity index is 2.27. The van der Waals surface area contributed by atoms with Crippen LogP contribution in [0.4, 0.5) is 0 Å². The number of nitrogens with zero attached hydrogens (tertiary/aromatic N) is 1. The second kappa shape index (κ2) is 8.47. The number of amides is 1. The van der Waals surface area contributed by atoms with Gasteiger partial charge in [0.1, 0.15) is 0 Å². The summed E-state index contributed by atoms with van der Waals surface area (Å²) in [5, 5.41) is 10.7. The van der Waals surface area contributed by atoms with Crippen LogP contribution in [0.2, 0.25) is 0 Å². The minimum Gasteiger partial charge on any atom is -0.392 e. The summed E-state index contributed by atoms with van der Waals surface area (Å²) >= 11 is 0. The largest absolute Gasteiger partial charge is 0.392 e. The molecule has 28 heavy (non-hydrogen) atoms. The highest BCUT2D eigenvalue weighted by molar-refractivity contribution is 7.90. The molecule has 162 valence electrons. The molecule has 1 saturated carbocycles. The molecule has 1 heterocycles. The van der Waals surface area contributed by atoms with Crippen LogP contribution in [0, 0.1) is 22.7 Å². The van der Waals surface area contributed by atoms with Gasteiger partial charge in [0.25, 0.3) is 0 Å². The summed E-state index contributed by atoms with van der Waals surface area (Å²) in [4.78, 5) is 13.4. The molecule has 2 aliphatic rings. The van der Waals surface area contributed by atoms with E-state index in [-0.39, 0.29) is 17.2 Å². The van der Waals surface area contributed by atoms with Gasteiger partial charge in [-0.3, -0.25) is 4.79 Å². The van der Waals surface area contributed by atoms with Crippen LogP contribution in [0.25, 0.3) is 0 Å². The monoisotopic (exact) mass is 413 g/mol. The molecule has 1 aliphatic carbocycles. The molecule has 2 fully saturated rings. The summed E-state index contributed by atoms with van der Waals surface area (Å²) in [7, 11) is -3.69. The van der Waals surface area contributed by atoms with Crippen molar-refractivity contribution in [3.05, 3.63) is 12.7 Å². The van der Waals surface area contributed by atoms with Gasteiger partial charge >= 0.3 is 0 Å². The van der Waals surface area contributed by atoms with Gasteiger partial charge in [-0.05, 0) is 30.6 Å². The number of rotatable bonds is 9. The van der Waals surface area contributed by atoms with Crippen molar-refractivity contribution in [3.8, 4) is 0 Å². The van der Waals surface area contributed by atoms with Crippen molar-refractivity contribution in [1.29, 1.82) is 0 Å². The van der Waals surface area contributed by atoms with Crippen LogP contribution in [-0.2, 0) is 14.8 Å². The molecular weight excluding hydrogens is 374 g/mol. The lowest BCUT2D eigenvalue weighted by Crippen LogP contribution is -2.47. The third-order valence-corrected chi connectivity index (χ3v) is 9.85. The zero-order chi connectivity index (χ0) is 21.3.